The normalized spacial score (nSPS) is 9.78. The lowest BCUT2D eigenvalue weighted by atomic mass is 10.1. The van der Waals surface area contributed by atoms with Crippen molar-refractivity contribution in [1.82, 2.24) is 0 Å². The van der Waals surface area contributed by atoms with Crippen LogP contribution in [0.3, 0.4) is 0 Å². The first kappa shape index (κ1) is 8.47. The molecule has 0 atom stereocenters. The average molecular weight is 129 g/mol. The molecule has 9 heavy (non-hydrogen) atoms. The van der Waals surface area contributed by atoms with Crippen LogP contribution >= 0.6 is 0 Å². The van der Waals surface area contributed by atoms with E-state index in [1.807, 2.05) is 20.3 Å². The molecule has 0 aromatic rings. The second-order valence-electron chi connectivity index (χ2n) is 2.26. The maximum Gasteiger partial charge on any atom is 0.305 e. The molecule has 0 fully saturated rings. The van der Waals surface area contributed by atoms with E-state index in [1.54, 1.807) is 0 Å². The summed E-state index contributed by atoms with van der Waals surface area (Å²) in [4.78, 5) is 10.5. The van der Waals surface area contributed by atoms with Gasteiger partial charge >= 0.3 is 5.97 Å². The first-order valence-corrected chi connectivity index (χ1v) is 3.07. The van der Waals surface area contributed by atoms with E-state index in [1.165, 1.54) is 7.11 Å². The zero-order valence-electron chi connectivity index (χ0n) is 6.18. The summed E-state index contributed by atoms with van der Waals surface area (Å²) < 4.78 is 4.43. The van der Waals surface area contributed by atoms with E-state index in [2.05, 4.69) is 4.74 Å². The van der Waals surface area contributed by atoms with Crippen LogP contribution in [0.4, 0.5) is 0 Å². The van der Waals surface area contributed by atoms with E-state index in [9.17, 15) is 4.79 Å². The number of ether oxygens (including phenoxy) is 1. The molecule has 0 rings (SSSR count). The Bertz CT molecular complexity index is 86.9. The number of carbonyl (C=O) groups excluding carboxylic acids is 1. The van der Waals surface area contributed by atoms with E-state index in [4.69, 9.17) is 0 Å². The summed E-state index contributed by atoms with van der Waals surface area (Å²) in [6.07, 6.45) is 2.35. The van der Waals surface area contributed by atoms with Crippen LogP contribution in [0.15, 0.2) is 0 Å². The molecule has 0 heterocycles. The molecule has 2 heteroatoms. The summed E-state index contributed by atoms with van der Waals surface area (Å²) in [5.41, 5.74) is 0. The maximum absolute atomic E-state index is 10.5. The third-order valence-corrected chi connectivity index (χ3v) is 0.984. The van der Waals surface area contributed by atoms with Gasteiger partial charge < -0.3 is 4.74 Å². The van der Waals surface area contributed by atoms with Gasteiger partial charge in [-0.2, -0.15) is 0 Å². The molecule has 0 saturated carbocycles. The minimum atomic E-state index is -0.163. The van der Waals surface area contributed by atoms with Gasteiger partial charge in [0.25, 0.3) is 0 Å². The summed E-state index contributed by atoms with van der Waals surface area (Å²) in [5.74, 6) is 0.299. The Hall–Kier alpha value is -0.530. The second kappa shape index (κ2) is 4.36. The van der Waals surface area contributed by atoms with Gasteiger partial charge in [0, 0.05) is 6.42 Å². The van der Waals surface area contributed by atoms with Crippen LogP contribution in [-0.2, 0) is 9.53 Å². The Morgan fingerprint density at radius 2 is 2.22 bits per heavy atom. The summed E-state index contributed by atoms with van der Waals surface area (Å²) in [7, 11) is 1.40. The van der Waals surface area contributed by atoms with Crippen molar-refractivity contribution in [3.63, 3.8) is 0 Å². The smallest absolute Gasteiger partial charge is 0.305 e. The Balaban J connectivity index is 3.17. The molecule has 0 amide bonds. The lowest BCUT2D eigenvalue weighted by Gasteiger charge is -2.00. The van der Waals surface area contributed by atoms with Crippen LogP contribution in [0, 0.1) is 12.3 Å². The molecule has 2 nitrogen and oxygen atoms in total. The van der Waals surface area contributed by atoms with Crippen LogP contribution in [0.5, 0.6) is 0 Å². The average Bonchev–Trinajstić information content (AvgIpc) is 1.83. The van der Waals surface area contributed by atoms with Crippen LogP contribution < -0.4 is 0 Å². The number of methoxy groups -OCH3 is 1. The Morgan fingerprint density at radius 1 is 1.67 bits per heavy atom. The SMILES string of the molecule is COC(=O)C[CH]C(C)C. The molecule has 0 N–H and O–H groups in total. The van der Waals surface area contributed by atoms with Crippen LogP contribution in [-0.4, -0.2) is 13.1 Å². The van der Waals surface area contributed by atoms with Gasteiger partial charge in [0.2, 0.25) is 0 Å². The van der Waals surface area contributed by atoms with Crippen molar-refractivity contribution in [3.05, 3.63) is 6.42 Å². The van der Waals surface area contributed by atoms with Crippen LogP contribution in [0.1, 0.15) is 20.3 Å². The predicted molar refractivity (Wildman–Crippen MR) is 35.8 cm³/mol. The van der Waals surface area contributed by atoms with Gasteiger partial charge in [-0.05, 0) is 12.3 Å². The Kier molecular flexibility index (Phi) is 4.10. The zero-order valence-corrected chi connectivity index (χ0v) is 6.18. The van der Waals surface area contributed by atoms with Crippen molar-refractivity contribution in [2.45, 2.75) is 20.3 Å². The molecule has 0 bridgehead atoms. The van der Waals surface area contributed by atoms with Gasteiger partial charge in [0.05, 0.1) is 7.11 Å². The summed E-state index contributed by atoms with van der Waals surface area (Å²) >= 11 is 0. The highest BCUT2D eigenvalue weighted by Crippen LogP contribution is 2.01. The largest absolute Gasteiger partial charge is 0.469 e. The number of hydrogen-bond acceptors (Lipinski definition) is 2. The van der Waals surface area contributed by atoms with E-state index in [0.717, 1.165) is 0 Å². The second-order valence-corrected chi connectivity index (χ2v) is 2.26. The van der Waals surface area contributed by atoms with Crippen LogP contribution in [0.2, 0.25) is 0 Å². The molecule has 0 aliphatic carbocycles. The van der Waals surface area contributed by atoms with Gasteiger partial charge in [-0.15, -0.1) is 0 Å². The Morgan fingerprint density at radius 3 is 2.56 bits per heavy atom. The summed E-state index contributed by atoms with van der Waals surface area (Å²) in [6, 6.07) is 0. The van der Waals surface area contributed by atoms with Crippen molar-refractivity contribution in [2.24, 2.45) is 5.92 Å². The van der Waals surface area contributed by atoms with E-state index in [0.29, 0.717) is 12.3 Å². The number of esters is 1. The highest BCUT2D eigenvalue weighted by Gasteiger charge is 2.01. The molecular formula is C7H13O2. The first-order chi connectivity index (χ1) is 4.16. The number of carbonyl (C=O) groups is 1. The molecule has 0 aliphatic rings. The monoisotopic (exact) mass is 129 g/mol. The molecular weight excluding hydrogens is 116 g/mol. The van der Waals surface area contributed by atoms with Crippen molar-refractivity contribution in [1.29, 1.82) is 0 Å². The number of rotatable bonds is 3. The minimum absolute atomic E-state index is 0.163. The van der Waals surface area contributed by atoms with Gasteiger partial charge in [-0.1, -0.05) is 13.8 Å². The lowest BCUT2D eigenvalue weighted by molar-refractivity contribution is -0.140. The molecule has 53 valence electrons. The van der Waals surface area contributed by atoms with E-state index in [-0.39, 0.29) is 5.97 Å². The molecule has 0 spiro atoms. The van der Waals surface area contributed by atoms with Crippen LogP contribution in [0.25, 0.3) is 0 Å². The van der Waals surface area contributed by atoms with E-state index < -0.39 is 0 Å². The molecule has 0 saturated heterocycles. The molecule has 0 aliphatic heterocycles. The van der Waals surface area contributed by atoms with Crippen molar-refractivity contribution >= 4 is 5.97 Å². The predicted octanol–water partition coefficient (Wildman–Crippen LogP) is 1.41. The fraction of sp³-hybridized carbons (Fsp3) is 0.714. The minimum Gasteiger partial charge on any atom is -0.469 e. The topological polar surface area (TPSA) is 26.3 Å². The summed E-state index contributed by atoms with van der Waals surface area (Å²) in [6.45, 7) is 4.06. The van der Waals surface area contributed by atoms with Gasteiger partial charge in [0.1, 0.15) is 0 Å². The lowest BCUT2D eigenvalue weighted by Crippen LogP contribution is -2.02. The fourth-order valence-electron chi connectivity index (χ4n) is 0.415. The van der Waals surface area contributed by atoms with E-state index >= 15 is 0 Å². The molecule has 1 radical (unpaired) electrons. The van der Waals surface area contributed by atoms with Crippen molar-refractivity contribution in [3.8, 4) is 0 Å². The summed E-state index contributed by atoms with van der Waals surface area (Å²) in [5, 5.41) is 0. The molecule has 0 unspecified atom stereocenters. The number of hydrogen-bond donors (Lipinski definition) is 0. The molecule has 0 aromatic carbocycles. The quantitative estimate of drug-likeness (QED) is 0.538. The molecule has 0 aromatic heterocycles. The maximum atomic E-state index is 10.5. The van der Waals surface area contributed by atoms with Crippen molar-refractivity contribution in [2.75, 3.05) is 7.11 Å². The zero-order chi connectivity index (χ0) is 7.28. The Labute approximate surface area is 56.2 Å². The highest BCUT2D eigenvalue weighted by atomic mass is 16.5. The van der Waals surface area contributed by atoms with Gasteiger partial charge in [0.15, 0.2) is 0 Å². The third kappa shape index (κ3) is 5.34. The third-order valence-electron chi connectivity index (χ3n) is 0.984. The first-order valence-electron chi connectivity index (χ1n) is 3.07. The van der Waals surface area contributed by atoms with Gasteiger partial charge in [-0.3, -0.25) is 4.79 Å². The highest BCUT2D eigenvalue weighted by molar-refractivity contribution is 5.70. The standard InChI is InChI=1S/C7H13O2/c1-6(2)4-5-7(8)9-3/h4,6H,5H2,1-3H3. The van der Waals surface area contributed by atoms with Gasteiger partial charge in [-0.25, -0.2) is 0 Å². The van der Waals surface area contributed by atoms with Crippen molar-refractivity contribution < 1.29 is 9.53 Å². The fourth-order valence-corrected chi connectivity index (χ4v) is 0.415.